The van der Waals surface area contributed by atoms with Crippen molar-refractivity contribution in [3.63, 3.8) is 0 Å². The standard InChI is InChI=1S/C11H16N2OS/c12-11(3-1-4-11)6-10(14)13-7-9-2-5-15-8-9/h2,5,8H,1,3-4,6-7,12H2,(H,13,14). The molecule has 0 spiro atoms. The van der Waals surface area contributed by atoms with E-state index in [9.17, 15) is 4.79 Å². The fraction of sp³-hybridized carbons (Fsp3) is 0.545. The number of amides is 1. The number of thiophene rings is 1. The molecule has 82 valence electrons. The Morgan fingerprint density at radius 1 is 1.60 bits per heavy atom. The van der Waals surface area contributed by atoms with E-state index in [1.54, 1.807) is 11.3 Å². The van der Waals surface area contributed by atoms with Crippen LogP contribution in [0.1, 0.15) is 31.2 Å². The van der Waals surface area contributed by atoms with E-state index in [2.05, 4.69) is 5.32 Å². The predicted octanol–water partition coefficient (Wildman–Crippen LogP) is 1.64. The summed E-state index contributed by atoms with van der Waals surface area (Å²) in [5, 5.41) is 6.95. The Kier molecular flexibility index (Phi) is 3.07. The highest BCUT2D eigenvalue weighted by molar-refractivity contribution is 7.07. The summed E-state index contributed by atoms with van der Waals surface area (Å²) in [5.41, 5.74) is 6.94. The Morgan fingerprint density at radius 3 is 2.93 bits per heavy atom. The number of carbonyl (C=O) groups is 1. The number of nitrogens with two attached hydrogens (primary N) is 1. The molecule has 3 N–H and O–H groups in total. The summed E-state index contributed by atoms with van der Waals surface area (Å²) in [4.78, 5) is 11.6. The van der Waals surface area contributed by atoms with Crippen molar-refractivity contribution in [3.8, 4) is 0 Å². The molecule has 4 heteroatoms. The van der Waals surface area contributed by atoms with Gasteiger partial charge in [0.05, 0.1) is 0 Å². The second-order valence-electron chi connectivity index (χ2n) is 4.30. The van der Waals surface area contributed by atoms with E-state index < -0.39 is 0 Å². The zero-order valence-electron chi connectivity index (χ0n) is 8.66. The lowest BCUT2D eigenvalue weighted by molar-refractivity contribution is -0.123. The lowest BCUT2D eigenvalue weighted by atomic mass is 9.75. The molecule has 0 saturated heterocycles. The van der Waals surface area contributed by atoms with E-state index in [4.69, 9.17) is 5.73 Å². The van der Waals surface area contributed by atoms with Gasteiger partial charge < -0.3 is 11.1 Å². The highest BCUT2D eigenvalue weighted by atomic mass is 32.1. The molecule has 1 aliphatic carbocycles. The summed E-state index contributed by atoms with van der Waals surface area (Å²) >= 11 is 1.64. The van der Waals surface area contributed by atoms with E-state index in [1.807, 2.05) is 16.8 Å². The van der Waals surface area contributed by atoms with Crippen LogP contribution >= 0.6 is 11.3 Å². The maximum atomic E-state index is 11.6. The fourth-order valence-corrected chi connectivity index (χ4v) is 2.45. The normalized spacial score (nSPS) is 18.2. The molecule has 0 radical (unpaired) electrons. The molecule has 2 rings (SSSR count). The van der Waals surface area contributed by atoms with Gasteiger partial charge in [0.2, 0.25) is 5.91 Å². The van der Waals surface area contributed by atoms with Crippen LogP contribution in [0.5, 0.6) is 0 Å². The molecule has 0 aliphatic heterocycles. The summed E-state index contributed by atoms with van der Waals surface area (Å²) in [6.45, 7) is 0.623. The first kappa shape index (κ1) is 10.6. The third kappa shape index (κ3) is 2.79. The van der Waals surface area contributed by atoms with Crippen molar-refractivity contribution < 1.29 is 4.79 Å². The van der Waals surface area contributed by atoms with Crippen LogP contribution in [0.3, 0.4) is 0 Å². The molecule has 1 aromatic rings. The number of carbonyl (C=O) groups excluding carboxylic acids is 1. The lowest BCUT2D eigenvalue weighted by Gasteiger charge is -2.37. The van der Waals surface area contributed by atoms with Gasteiger partial charge in [-0.05, 0) is 41.7 Å². The van der Waals surface area contributed by atoms with Crippen molar-refractivity contribution in [2.24, 2.45) is 5.73 Å². The number of nitrogens with one attached hydrogen (secondary N) is 1. The monoisotopic (exact) mass is 224 g/mol. The third-order valence-electron chi connectivity index (χ3n) is 2.93. The zero-order chi connectivity index (χ0) is 10.7. The Labute approximate surface area is 93.7 Å². The van der Waals surface area contributed by atoms with Crippen LogP contribution < -0.4 is 11.1 Å². The molecule has 1 amide bonds. The second-order valence-corrected chi connectivity index (χ2v) is 5.08. The number of rotatable bonds is 4. The highest BCUT2D eigenvalue weighted by Crippen LogP contribution is 2.31. The maximum absolute atomic E-state index is 11.6. The average Bonchev–Trinajstić information content (AvgIpc) is 2.64. The maximum Gasteiger partial charge on any atom is 0.222 e. The molecule has 1 aliphatic rings. The lowest BCUT2D eigenvalue weighted by Crippen LogP contribution is -2.49. The van der Waals surface area contributed by atoms with Gasteiger partial charge in [0.15, 0.2) is 0 Å². The molecular weight excluding hydrogens is 208 g/mol. The van der Waals surface area contributed by atoms with Crippen molar-refractivity contribution in [3.05, 3.63) is 22.4 Å². The molecule has 1 aromatic heterocycles. The van der Waals surface area contributed by atoms with Gasteiger partial charge in [0.1, 0.15) is 0 Å². The van der Waals surface area contributed by atoms with Crippen LogP contribution in [0.25, 0.3) is 0 Å². The summed E-state index contributed by atoms with van der Waals surface area (Å²) in [6, 6.07) is 2.02. The first-order valence-electron chi connectivity index (χ1n) is 5.25. The van der Waals surface area contributed by atoms with Gasteiger partial charge in [0, 0.05) is 18.5 Å². The average molecular weight is 224 g/mol. The first-order valence-corrected chi connectivity index (χ1v) is 6.19. The molecule has 1 saturated carbocycles. The van der Waals surface area contributed by atoms with Crippen LogP contribution in [0.15, 0.2) is 16.8 Å². The number of hydrogen-bond donors (Lipinski definition) is 2. The fourth-order valence-electron chi connectivity index (χ4n) is 1.78. The van der Waals surface area contributed by atoms with E-state index in [1.165, 1.54) is 0 Å². The summed E-state index contributed by atoms with van der Waals surface area (Å²) < 4.78 is 0. The Morgan fingerprint density at radius 2 is 2.40 bits per heavy atom. The highest BCUT2D eigenvalue weighted by Gasteiger charge is 2.34. The van der Waals surface area contributed by atoms with Crippen molar-refractivity contribution in [2.75, 3.05) is 0 Å². The van der Waals surface area contributed by atoms with Gasteiger partial charge in [-0.1, -0.05) is 0 Å². The van der Waals surface area contributed by atoms with Crippen LogP contribution in [0, 0.1) is 0 Å². The summed E-state index contributed by atoms with van der Waals surface area (Å²) in [6.07, 6.45) is 3.60. The molecule has 1 heterocycles. The molecule has 3 nitrogen and oxygen atoms in total. The molecule has 0 aromatic carbocycles. The number of hydrogen-bond acceptors (Lipinski definition) is 3. The zero-order valence-corrected chi connectivity index (χ0v) is 9.48. The van der Waals surface area contributed by atoms with Crippen molar-refractivity contribution >= 4 is 17.2 Å². The minimum Gasteiger partial charge on any atom is -0.352 e. The SMILES string of the molecule is NC1(CC(=O)NCc2ccsc2)CCC1. The van der Waals surface area contributed by atoms with Crippen LogP contribution in [-0.4, -0.2) is 11.4 Å². The molecular formula is C11H16N2OS. The summed E-state index contributed by atoms with van der Waals surface area (Å²) in [7, 11) is 0. The van der Waals surface area contributed by atoms with Crippen molar-refractivity contribution in [2.45, 2.75) is 37.8 Å². The molecule has 15 heavy (non-hydrogen) atoms. The van der Waals surface area contributed by atoms with Gasteiger partial charge in [-0.25, -0.2) is 0 Å². The molecule has 0 unspecified atom stereocenters. The Hall–Kier alpha value is -0.870. The van der Waals surface area contributed by atoms with Crippen LogP contribution in [0.4, 0.5) is 0 Å². The minimum absolute atomic E-state index is 0.0726. The Bertz CT molecular complexity index is 330. The van der Waals surface area contributed by atoms with E-state index in [0.29, 0.717) is 13.0 Å². The smallest absolute Gasteiger partial charge is 0.222 e. The van der Waals surface area contributed by atoms with Gasteiger partial charge >= 0.3 is 0 Å². The molecule has 0 bridgehead atoms. The van der Waals surface area contributed by atoms with Crippen molar-refractivity contribution in [1.82, 2.24) is 5.32 Å². The van der Waals surface area contributed by atoms with Gasteiger partial charge in [-0.3, -0.25) is 4.79 Å². The van der Waals surface area contributed by atoms with Gasteiger partial charge in [-0.15, -0.1) is 0 Å². The largest absolute Gasteiger partial charge is 0.352 e. The van der Waals surface area contributed by atoms with E-state index >= 15 is 0 Å². The third-order valence-corrected chi connectivity index (χ3v) is 3.66. The predicted molar refractivity (Wildman–Crippen MR) is 61.6 cm³/mol. The van der Waals surface area contributed by atoms with Gasteiger partial charge in [0.25, 0.3) is 0 Å². The van der Waals surface area contributed by atoms with Gasteiger partial charge in [-0.2, -0.15) is 11.3 Å². The van der Waals surface area contributed by atoms with E-state index in [-0.39, 0.29) is 11.4 Å². The Balaban J connectivity index is 1.73. The molecule has 0 atom stereocenters. The second kappa shape index (κ2) is 4.33. The van der Waals surface area contributed by atoms with Crippen molar-refractivity contribution in [1.29, 1.82) is 0 Å². The first-order chi connectivity index (χ1) is 7.18. The van der Waals surface area contributed by atoms with E-state index in [0.717, 1.165) is 24.8 Å². The minimum atomic E-state index is -0.210. The van der Waals surface area contributed by atoms with Crippen LogP contribution in [0.2, 0.25) is 0 Å². The quantitative estimate of drug-likeness (QED) is 0.817. The van der Waals surface area contributed by atoms with Crippen LogP contribution in [-0.2, 0) is 11.3 Å². The summed E-state index contributed by atoms with van der Waals surface area (Å²) in [5.74, 6) is 0.0726. The topological polar surface area (TPSA) is 55.1 Å². The molecule has 1 fully saturated rings.